The van der Waals surface area contributed by atoms with Crippen LogP contribution < -0.4 is 14.2 Å². The first kappa shape index (κ1) is 13.7. The van der Waals surface area contributed by atoms with E-state index in [4.69, 9.17) is 13.6 Å². The molecule has 0 bridgehead atoms. The summed E-state index contributed by atoms with van der Waals surface area (Å²) in [5.74, 6) is 0.603. The summed E-state index contributed by atoms with van der Waals surface area (Å²) in [4.78, 5) is 11.6. The fourth-order valence-electron chi connectivity index (χ4n) is 2.22. The van der Waals surface area contributed by atoms with E-state index in [2.05, 4.69) is 19.7 Å². The van der Waals surface area contributed by atoms with Gasteiger partial charge < -0.3 is 19.2 Å². The molecule has 9 heteroatoms. The van der Waals surface area contributed by atoms with Crippen molar-refractivity contribution >= 4 is 22.8 Å². The van der Waals surface area contributed by atoms with Crippen LogP contribution in [0.15, 0.2) is 35.6 Å². The van der Waals surface area contributed by atoms with Gasteiger partial charge in [0.05, 0.1) is 35.0 Å². The minimum atomic E-state index is -2.91. The molecule has 3 rings (SSSR count). The number of fused-ring (bicyclic) bond motifs is 1. The summed E-state index contributed by atoms with van der Waals surface area (Å²) >= 11 is 1.28. The molecule has 0 atom stereocenters. The minimum Gasteiger partial charge on any atom is -0.493 e. The van der Waals surface area contributed by atoms with Crippen LogP contribution in [0, 0.1) is 0 Å². The van der Waals surface area contributed by atoms with Crippen molar-refractivity contribution in [3.63, 3.8) is 0 Å². The molecule has 2 heterocycles. The number of hydrogen-bond donors (Lipinski definition) is 1. The molecule has 0 saturated carbocycles. The maximum Gasteiger partial charge on any atom is 0.387 e. The Balaban J connectivity index is 1.77. The molecule has 0 unspecified atom stereocenters. The van der Waals surface area contributed by atoms with Crippen LogP contribution in [0.2, 0.25) is 0 Å². The van der Waals surface area contributed by atoms with Gasteiger partial charge in [0.2, 0.25) is 0 Å². The second-order valence-corrected chi connectivity index (χ2v) is 5.74. The number of benzene rings is 1. The van der Waals surface area contributed by atoms with Crippen molar-refractivity contribution in [3.8, 4) is 17.2 Å². The molecule has 0 aliphatic heterocycles. The van der Waals surface area contributed by atoms with Gasteiger partial charge in [0, 0.05) is 24.1 Å². The van der Waals surface area contributed by atoms with Gasteiger partial charge in [-0.2, -0.15) is 8.78 Å². The van der Waals surface area contributed by atoms with Crippen LogP contribution >= 0.6 is 11.8 Å². The van der Waals surface area contributed by atoms with Crippen molar-refractivity contribution < 1.29 is 27.1 Å². The Kier molecular flexibility index (Phi) is 4.14. The number of alkyl halides is 2. The van der Waals surface area contributed by atoms with Crippen molar-refractivity contribution in [3.05, 3.63) is 36.2 Å². The summed E-state index contributed by atoms with van der Waals surface area (Å²) in [6, 6.07) is 5.83. The number of aromatic amines is 1. The molecular formula is C16H15F2N3O3S. The van der Waals surface area contributed by atoms with E-state index in [9.17, 15) is 8.78 Å². The highest BCUT2D eigenvalue weighted by Gasteiger charge is 2.13. The van der Waals surface area contributed by atoms with Gasteiger partial charge in [-0.15, -0.1) is 0 Å². The number of H-pyrrole nitrogens is 1. The maximum absolute atomic E-state index is 12.3. The summed E-state index contributed by atoms with van der Waals surface area (Å²) in [5.41, 5.74) is 1.60. The second kappa shape index (κ2) is 7.56. The van der Waals surface area contributed by atoms with E-state index in [0.29, 0.717) is 27.6 Å². The maximum atomic E-state index is 12.3. The first-order valence-electron chi connectivity index (χ1n) is 8.53. The SMILES string of the molecule is [2H]C([2H])([2H])Oc1ccnc(CSc2nc3cc(OC(F)F)ccc3[nH]2)c1OC. The largest absolute Gasteiger partial charge is 0.493 e. The zero-order chi connectivity index (χ0) is 20.3. The first-order valence-corrected chi connectivity index (χ1v) is 8.02. The number of hydrogen-bond acceptors (Lipinski definition) is 6. The van der Waals surface area contributed by atoms with Crippen LogP contribution in [0.1, 0.15) is 9.81 Å². The Hall–Kier alpha value is -2.55. The van der Waals surface area contributed by atoms with Gasteiger partial charge in [-0.3, -0.25) is 4.98 Å². The Bertz CT molecular complexity index is 969. The van der Waals surface area contributed by atoms with Crippen molar-refractivity contribution in [1.82, 2.24) is 15.0 Å². The topological polar surface area (TPSA) is 69.3 Å². The number of ether oxygens (including phenoxy) is 3. The van der Waals surface area contributed by atoms with Crippen molar-refractivity contribution in [1.29, 1.82) is 0 Å². The van der Waals surface area contributed by atoms with Crippen LogP contribution in [0.25, 0.3) is 11.0 Å². The molecule has 1 N–H and O–H groups in total. The van der Waals surface area contributed by atoms with E-state index in [1.54, 1.807) is 6.07 Å². The van der Waals surface area contributed by atoms with Gasteiger partial charge in [-0.1, -0.05) is 11.8 Å². The van der Waals surface area contributed by atoms with Gasteiger partial charge in [-0.25, -0.2) is 4.98 Å². The number of pyridine rings is 1. The Morgan fingerprint density at radius 1 is 1.32 bits per heavy atom. The van der Waals surface area contributed by atoms with E-state index in [-0.39, 0.29) is 17.2 Å². The highest BCUT2D eigenvalue weighted by Crippen LogP contribution is 2.33. The number of nitrogens with zero attached hydrogens (tertiary/aromatic N) is 2. The predicted molar refractivity (Wildman–Crippen MR) is 89.6 cm³/mol. The van der Waals surface area contributed by atoms with Gasteiger partial charge in [0.25, 0.3) is 0 Å². The molecule has 132 valence electrons. The van der Waals surface area contributed by atoms with Gasteiger partial charge in [0.1, 0.15) is 5.75 Å². The molecule has 25 heavy (non-hydrogen) atoms. The summed E-state index contributed by atoms with van der Waals surface area (Å²) in [6.07, 6.45) is 1.42. The number of nitrogens with one attached hydrogen (secondary N) is 1. The lowest BCUT2D eigenvalue weighted by Gasteiger charge is -2.10. The molecule has 0 fully saturated rings. The molecule has 0 amide bonds. The van der Waals surface area contributed by atoms with Gasteiger partial charge in [0.15, 0.2) is 16.7 Å². The third-order valence-corrected chi connectivity index (χ3v) is 4.14. The van der Waals surface area contributed by atoms with Gasteiger partial charge in [-0.05, 0) is 12.1 Å². The van der Waals surface area contributed by atoms with Gasteiger partial charge >= 0.3 is 6.61 Å². The van der Waals surface area contributed by atoms with Crippen LogP contribution in [-0.2, 0) is 5.75 Å². The fourth-order valence-corrected chi connectivity index (χ4v) is 3.04. The number of thioether (sulfide) groups is 1. The summed E-state index contributed by atoms with van der Waals surface area (Å²) in [6.45, 7) is -2.91. The summed E-state index contributed by atoms with van der Waals surface area (Å²) in [5, 5.41) is 0.523. The lowest BCUT2D eigenvalue weighted by Crippen LogP contribution is -2.01. The van der Waals surface area contributed by atoms with Crippen LogP contribution in [0.5, 0.6) is 17.2 Å². The second-order valence-electron chi connectivity index (χ2n) is 4.78. The van der Waals surface area contributed by atoms with Crippen molar-refractivity contribution in [2.45, 2.75) is 17.5 Å². The smallest absolute Gasteiger partial charge is 0.387 e. The zero-order valence-electron chi connectivity index (χ0n) is 16.0. The van der Waals surface area contributed by atoms with Crippen molar-refractivity contribution in [2.24, 2.45) is 0 Å². The molecule has 0 radical (unpaired) electrons. The van der Waals surface area contributed by atoms with E-state index in [1.165, 1.54) is 43.3 Å². The zero-order valence-corrected chi connectivity index (χ0v) is 13.8. The normalized spacial score (nSPS) is 13.4. The van der Waals surface area contributed by atoms with E-state index in [1.807, 2.05) is 0 Å². The van der Waals surface area contributed by atoms with E-state index < -0.39 is 13.6 Å². The standard InChI is InChI=1S/C16H15F2N3O3S/c1-22-13-5-6-19-12(14(13)23-2)8-25-16-20-10-4-3-9(24-15(17)18)7-11(10)21-16/h3-7,15H,8H2,1-2H3,(H,20,21)/i1D3. The highest BCUT2D eigenvalue weighted by molar-refractivity contribution is 7.98. The molecule has 2 aromatic heterocycles. The predicted octanol–water partition coefficient (Wildman–Crippen LogP) is 3.87. The molecule has 0 aliphatic rings. The number of rotatable bonds is 7. The molecule has 1 aromatic carbocycles. The Morgan fingerprint density at radius 2 is 2.20 bits per heavy atom. The lowest BCUT2D eigenvalue weighted by molar-refractivity contribution is -0.0497. The Morgan fingerprint density at radius 3 is 2.96 bits per heavy atom. The fraction of sp³-hybridized carbons (Fsp3) is 0.250. The van der Waals surface area contributed by atoms with Crippen molar-refractivity contribution in [2.75, 3.05) is 14.1 Å². The summed E-state index contributed by atoms with van der Waals surface area (Å²) < 4.78 is 60.9. The third-order valence-electron chi connectivity index (χ3n) is 3.26. The molecule has 0 saturated heterocycles. The van der Waals surface area contributed by atoms with Crippen LogP contribution in [0.3, 0.4) is 0 Å². The molecule has 6 nitrogen and oxygen atoms in total. The van der Waals surface area contributed by atoms with Crippen LogP contribution in [-0.4, -0.2) is 35.7 Å². The molecule has 0 aliphatic carbocycles. The number of halogens is 2. The van der Waals surface area contributed by atoms with Crippen LogP contribution in [0.4, 0.5) is 8.78 Å². The quantitative estimate of drug-likeness (QED) is 0.637. The first-order chi connectivity index (χ1) is 13.2. The molecule has 0 spiro atoms. The number of aromatic nitrogens is 3. The monoisotopic (exact) mass is 370 g/mol. The number of methoxy groups -OCH3 is 2. The average molecular weight is 370 g/mol. The average Bonchev–Trinajstić information content (AvgIpc) is 3.00. The summed E-state index contributed by atoms with van der Waals surface area (Å²) in [7, 11) is -1.22. The minimum absolute atomic E-state index is 0.0170. The van der Waals surface area contributed by atoms with E-state index >= 15 is 0 Å². The third kappa shape index (κ3) is 3.93. The molecular weight excluding hydrogens is 352 g/mol. The number of imidazole rings is 1. The van der Waals surface area contributed by atoms with E-state index in [0.717, 1.165) is 0 Å². The Labute approximate surface area is 150 Å². The lowest BCUT2D eigenvalue weighted by atomic mass is 10.3. The molecule has 3 aromatic rings. The highest BCUT2D eigenvalue weighted by atomic mass is 32.2.